The third-order valence-electron chi connectivity index (χ3n) is 5.99. The second-order valence-corrected chi connectivity index (χ2v) is 9.28. The molecule has 1 atom stereocenters. The van der Waals surface area contributed by atoms with E-state index in [4.69, 9.17) is 9.83 Å². The van der Waals surface area contributed by atoms with Gasteiger partial charge in [-0.05, 0) is 54.4 Å². The van der Waals surface area contributed by atoms with Crippen LogP contribution in [0.4, 0.5) is 5.69 Å². The van der Waals surface area contributed by atoms with Gasteiger partial charge in [0.2, 0.25) is 5.17 Å². The molecule has 5 rings (SSSR count). The number of hydrazone groups is 1. The summed E-state index contributed by atoms with van der Waals surface area (Å²) in [6.45, 7) is 3.90. The van der Waals surface area contributed by atoms with Gasteiger partial charge in [0.15, 0.2) is 5.84 Å². The monoisotopic (exact) mass is 499 g/mol. The van der Waals surface area contributed by atoms with Crippen LogP contribution in [0.25, 0.3) is 17.4 Å². The van der Waals surface area contributed by atoms with Crippen molar-refractivity contribution < 1.29 is 14.1 Å². The van der Waals surface area contributed by atoms with Crippen LogP contribution in [0.5, 0.6) is 0 Å². The molecule has 180 valence electrons. The number of hydrogen-bond donors (Lipinski definition) is 1. The largest absolute Gasteiger partial charge is 0.457 e. The summed E-state index contributed by atoms with van der Waals surface area (Å²) in [7, 11) is 0. The fourth-order valence-electron chi connectivity index (χ4n) is 4.09. The second kappa shape index (κ2) is 9.38. The maximum absolute atomic E-state index is 12.8. The van der Waals surface area contributed by atoms with Crippen LogP contribution in [-0.2, 0) is 4.79 Å². The third-order valence-corrected chi connectivity index (χ3v) is 7.01. The molecule has 1 N–H and O–H groups in total. The highest BCUT2D eigenvalue weighted by atomic mass is 32.2. The van der Waals surface area contributed by atoms with E-state index in [1.54, 1.807) is 18.2 Å². The maximum Gasteiger partial charge on any atom is 0.283 e. The lowest BCUT2D eigenvalue weighted by molar-refractivity contribution is -0.384. The van der Waals surface area contributed by atoms with Gasteiger partial charge in [-0.1, -0.05) is 43.3 Å². The highest BCUT2D eigenvalue weighted by molar-refractivity contribution is 8.27. The quantitative estimate of drug-likeness (QED) is 0.253. The zero-order valence-corrected chi connectivity index (χ0v) is 20.3. The lowest BCUT2D eigenvalue weighted by Gasteiger charge is -2.19. The number of amides is 1. The summed E-state index contributed by atoms with van der Waals surface area (Å²) in [5.74, 6) is 0.153. The number of non-ortho nitro benzene ring substituents is 1. The molecular weight excluding hydrogens is 478 g/mol. The Bertz CT molecular complexity index is 1490. The molecular formula is C26H21N5O4S. The van der Waals surface area contributed by atoms with Crippen LogP contribution in [0.3, 0.4) is 0 Å². The SMILES string of the molecule is CC[C@H](C1=NN2C(=N)/C(=C\c3ccc(-c4cc([N+](=O)[O-])ccc4C)o3)C(=O)N=C2S1)c1ccccc1. The highest BCUT2D eigenvalue weighted by Gasteiger charge is 2.38. The number of rotatable bonds is 6. The Balaban J connectivity index is 1.44. The number of aliphatic imine (C=N–C) groups is 1. The summed E-state index contributed by atoms with van der Waals surface area (Å²) in [6, 6.07) is 17.9. The van der Waals surface area contributed by atoms with E-state index in [1.165, 1.54) is 35.0 Å². The number of fused-ring (bicyclic) bond motifs is 1. The minimum Gasteiger partial charge on any atom is -0.457 e. The summed E-state index contributed by atoms with van der Waals surface area (Å²) in [5.41, 5.74) is 2.51. The number of hydrogen-bond acceptors (Lipinski definition) is 7. The Labute approximate surface area is 210 Å². The van der Waals surface area contributed by atoms with Crippen molar-refractivity contribution in [3.8, 4) is 11.3 Å². The van der Waals surface area contributed by atoms with E-state index in [-0.39, 0.29) is 23.0 Å². The first kappa shape index (κ1) is 23.4. The van der Waals surface area contributed by atoms with Crippen molar-refractivity contribution in [3.63, 3.8) is 0 Å². The molecule has 0 saturated heterocycles. The number of carbonyl (C=O) groups excluding carboxylic acids is 1. The van der Waals surface area contributed by atoms with Crippen molar-refractivity contribution >= 4 is 45.5 Å². The Morgan fingerprint density at radius 2 is 1.97 bits per heavy atom. The number of amidine groups is 2. The topological polar surface area (TPSA) is 125 Å². The van der Waals surface area contributed by atoms with Gasteiger partial charge in [0.05, 0.1) is 10.5 Å². The molecule has 2 aliphatic rings. The Hall–Kier alpha value is -4.31. The molecule has 0 unspecified atom stereocenters. The van der Waals surface area contributed by atoms with Gasteiger partial charge in [-0.2, -0.15) is 15.1 Å². The van der Waals surface area contributed by atoms with Crippen LogP contribution in [0, 0.1) is 22.4 Å². The van der Waals surface area contributed by atoms with Crippen molar-refractivity contribution in [2.45, 2.75) is 26.2 Å². The van der Waals surface area contributed by atoms with Crippen LogP contribution in [0.2, 0.25) is 0 Å². The zero-order valence-electron chi connectivity index (χ0n) is 19.5. The first-order valence-corrected chi connectivity index (χ1v) is 12.1. The number of thioether (sulfide) groups is 1. The molecule has 1 aromatic heterocycles. The highest BCUT2D eigenvalue weighted by Crippen LogP contribution is 2.36. The number of nitro groups is 1. The number of furan rings is 1. The van der Waals surface area contributed by atoms with Crippen molar-refractivity contribution in [1.29, 1.82) is 5.41 Å². The van der Waals surface area contributed by atoms with Gasteiger partial charge in [-0.3, -0.25) is 20.3 Å². The Morgan fingerprint density at radius 3 is 2.69 bits per heavy atom. The molecule has 0 radical (unpaired) electrons. The van der Waals surface area contributed by atoms with E-state index >= 15 is 0 Å². The van der Waals surface area contributed by atoms with E-state index < -0.39 is 10.8 Å². The number of carbonyl (C=O) groups is 1. The number of nitrogens with one attached hydrogen (secondary N) is 1. The molecule has 9 nitrogen and oxygen atoms in total. The Morgan fingerprint density at radius 1 is 1.19 bits per heavy atom. The summed E-state index contributed by atoms with van der Waals surface area (Å²) < 4.78 is 5.87. The lowest BCUT2D eigenvalue weighted by Crippen LogP contribution is -2.35. The van der Waals surface area contributed by atoms with Crippen molar-refractivity contribution in [2.24, 2.45) is 10.1 Å². The smallest absolute Gasteiger partial charge is 0.283 e. The van der Waals surface area contributed by atoms with Gasteiger partial charge < -0.3 is 4.42 Å². The molecule has 3 heterocycles. The standard InChI is InChI=1S/C26H21N5O4S/c1-3-19(16-7-5-4-6-8-16)25-29-30-23(27)21(24(32)28-26(30)36-25)14-18-11-12-22(35-18)20-13-17(31(33)34)10-9-15(20)2/h4-14,19,27H,3H2,1-2H3/b21-14+,27-23?/t19-/m0/s1. The van der Waals surface area contributed by atoms with Crippen molar-refractivity contribution in [3.05, 3.63) is 93.2 Å². The molecule has 0 fully saturated rings. The molecule has 10 heteroatoms. The van der Waals surface area contributed by atoms with Crippen LogP contribution in [-0.4, -0.2) is 31.9 Å². The zero-order chi connectivity index (χ0) is 25.4. The van der Waals surface area contributed by atoms with Crippen LogP contribution in [0.1, 0.15) is 36.1 Å². The van der Waals surface area contributed by atoms with Gasteiger partial charge >= 0.3 is 0 Å². The van der Waals surface area contributed by atoms with Gasteiger partial charge in [0, 0.05) is 23.6 Å². The third kappa shape index (κ3) is 4.27. The molecule has 36 heavy (non-hydrogen) atoms. The van der Waals surface area contributed by atoms with E-state index in [0.717, 1.165) is 22.6 Å². The fraction of sp³-hybridized carbons (Fsp3) is 0.154. The number of nitro benzene ring substituents is 1. The van der Waals surface area contributed by atoms with E-state index in [0.29, 0.717) is 22.3 Å². The van der Waals surface area contributed by atoms with Gasteiger partial charge in [0.1, 0.15) is 16.6 Å². The predicted octanol–water partition coefficient (Wildman–Crippen LogP) is 5.98. The average Bonchev–Trinajstić information content (AvgIpc) is 3.50. The van der Waals surface area contributed by atoms with Crippen LogP contribution in [0.15, 0.2) is 80.7 Å². The molecule has 1 amide bonds. The van der Waals surface area contributed by atoms with Crippen LogP contribution < -0.4 is 0 Å². The molecule has 0 spiro atoms. The van der Waals surface area contributed by atoms with Crippen molar-refractivity contribution in [1.82, 2.24) is 5.01 Å². The minimum absolute atomic E-state index is 0.0330. The molecule has 2 aliphatic heterocycles. The molecule has 2 aromatic carbocycles. The van der Waals surface area contributed by atoms with Gasteiger partial charge in [-0.25, -0.2) is 0 Å². The first-order valence-electron chi connectivity index (χ1n) is 11.3. The average molecular weight is 500 g/mol. The van der Waals surface area contributed by atoms with Crippen LogP contribution >= 0.6 is 11.8 Å². The van der Waals surface area contributed by atoms with Crippen molar-refractivity contribution in [2.75, 3.05) is 0 Å². The normalized spacial score (nSPS) is 17.2. The molecule has 0 saturated carbocycles. The summed E-state index contributed by atoms with van der Waals surface area (Å²) in [5, 5.41) is 27.0. The maximum atomic E-state index is 12.8. The number of nitrogens with zero attached hydrogens (tertiary/aromatic N) is 4. The van der Waals surface area contributed by atoms with E-state index in [1.807, 2.05) is 37.3 Å². The number of aryl methyl sites for hydroxylation is 1. The predicted molar refractivity (Wildman–Crippen MR) is 140 cm³/mol. The van der Waals surface area contributed by atoms with Gasteiger partial charge in [0.25, 0.3) is 11.6 Å². The Kier molecular flexibility index (Phi) is 6.11. The molecule has 0 aliphatic carbocycles. The number of benzene rings is 2. The second-order valence-electron chi connectivity index (χ2n) is 8.29. The summed E-state index contributed by atoms with van der Waals surface area (Å²) >= 11 is 1.30. The fourth-order valence-corrected chi connectivity index (χ4v) is 5.19. The lowest BCUT2D eigenvalue weighted by atomic mass is 9.98. The van der Waals surface area contributed by atoms with E-state index in [9.17, 15) is 14.9 Å². The van der Waals surface area contributed by atoms with E-state index in [2.05, 4.69) is 17.0 Å². The molecule has 0 bridgehead atoms. The summed E-state index contributed by atoms with van der Waals surface area (Å²) in [6.07, 6.45) is 2.26. The molecule has 3 aromatic rings. The minimum atomic E-state index is -0.549. The first-order chi connectivity index (χ1) is 17.4. The summed E-state index contributed by atoms with van der Waals surface area (Å²) in [4.78, 5) is 27.7. The van der Waals surface area contributed by atoms with Gasteiger partial charge in [-0.15, -0.1) is 0 Å².